The Morgan fingerprint density at radius 1 is 1.35 bits per heavy atom. The number of para-hydroxylation sites is 2. The summed E-state index contributed by atoms with van der Waals surface area (Å²) in [5.41, 5.74) is 7.81. The molecule has 0 aliphatic rings. The number of rotatable bonds is 7. The molecule has 0 aliphatic carbocycles. The molecule has 1 heterocycles. The van der Waals surface area contributed by atoms with Crippen molar-refractivity contribution in [2.24, 2.45) is 5.73 Å². The number of nitrogens with one attached hydrogen (secondary N) is 1. The highest BCUT2D eigenvalue weighted by molar-refractivity contribution is 5.85. The lowest BCUT2D eigenvalue weighted by Gasteiger charge is -2.09. The van der Waals surface area contributed by atoms with Crippen LogP contribution in [0.2, 0.25) is 0 Å². The first kappa shape index (κ1) is 21.7. The summed E-state index contributed by atoms with van der Waals surface area (Å²) in [4.78, 5) is 16.1. The molecule has 1 amide bonds. The molecule has 0 radical (unpaired) electrons. The second-order valence-electron chi connectivity index (χ2n) is 5.52. The van der Waals surface area contributed by atoms with E-state index in [-0.39, 0.29) is 36.8 Å². The van der Waals surface area contributed by atoms with Crippen molar-refractivity contribution in [2.75, 3.05) is 6.54 Å². The first-order valence-corrected chi connectivity index (χ1v) is 7.52. The predicted octanol–water partition coefficient (Wildman–Crippen LogP) is 2.82. The average molecular weight is 361 g/mol. The van der Waals surface area contributed by atoms with Gasteiger partial charge >= 0.3 is 0 Å². The Morgan fingerprint density at radius 2 is 2.04 bits per heavy atom. The summed E-state index contributed by atoms with van der Waals surface area (Å²) in [5.74, 6) is 1.10. The molecule has 0 spiro atoms. The van der Waals surface area contributed by atoms with E-state index in [9.17, 15) is 4.79 Å². The van der Waals surface area contributed by atoms with Crippen LogP contribution in [0.1, 0.15) is 32.0 Å². The number of nitrogens with zero attached hydrogens (tertiary/aromatic N) is 2. The molecule has 0 saturated heterocycles. The lowest BCUT2D eigenvalue weighted by Crippen LogP contribution is -2.27. The molecule has 7 heteroatoms. The largest absolute Gasteiger partial charge is 0.356 e. The smallest absolute Gasteiger partial charge is 0.220 e. The summed E-state index contributed by atoms with van der Waals surface area (Å²) in [6.45, 7) is 5.48. The van der Waals surface area contributed by atoms with Crippen LogP contribution in [0.5, 0.6) is 0 Å². The van der Waals surface area contributed by atoms with Gasteiger partial charge in [0.2, 0.25) is 5.91 Å². The van der Waals surface area contributed by atoms with Crippen LogP contribution >= 0.6 is 24.8 Å². The van der Waals surface area contributed by atoms with Crippen molar-refractivity contribution in [1.82, 2.24) is 14.9 Å². The van der Waals surface area contributed by atoms with Gasteiger partial charge in [0, 0.05) is 25.6 Å². The molecule has 1 aromatic heterocycles. The highest BCUT2D eigenvalue weighted by Crippen LogP contribution is 2.15. The minimum absolute atomic E-state index is 0. The van der Waals surface area contributed by atoms with Gasteiger partial charge in [0.1, 0.15) is 5.82 Å². The number of nitrogens with two attached hydrogens (primary N) is 1. The second kappa shape index (κ2) is 10.5. The molecule has 1 atom stereocenters. The molecule has 0 aliphatic heterocycles. The van der Waals surface area contributed by atoms with E-state index in [1.807, 2.05) is 32.0 Å². The van der Waals surface area contributed by atoms with Crippen molar-refractivity contribution in [3.8, 4) is 0 Å². The van der Waals surface area contributed by atoms with Gasteiger partial charge in [-0.05, 0) is 38.8 Å². The molecule has 1 unspecified atom stereocenters. The number of imidazole rings is 1. The Balaban J connectivity index is 0.00000242. The van der Waals surface area contributed by atoms with Gasteiger partial charge in [-0.15, -0.1) is 24.8 Å². The summed E-state index contributed by atoms with van der Waals surface area (Å²) in [6, 6.07) is 8.20. The minimum Gasteiger partial charge on any atom is -0.356 e. The monoisotopic (exact) mass is 360 g/mol. The highest BCUT2D eigenvalue weighted by Gasteiger charge is 2.07. The fraction of sp³-hybridized carbons (Fsp3) is 0.500. The van der Waals surface area contributed by atoms with Crippen molar-refractivity contribution in [2.45, 2.75) is 45.7 Å². The van der Waals surface area contributed by atoms with E-state index in [1.165, 1.54) is 0 Å². The van der Waals surface area contributed by atoms with Crippen LogP contribution in [0, 0.1) is 6.92 Å². The average Bonchev–Trinajstić information content (AvgIpc) is 2.77. The van der Waals surface area contributed by atoms with Gasteiger partial charge in [-0.25, -0.2) is 4.98 Å². The van der Waals surface area contributed by atoms with E-state index in [1.54, 1.807) is 0 Å². The number of carbonyl (C=O) groups is 1. The third-order valence-electron chi connectivity index (χ3n) is 3.55. The van der Waals surface area contributed by atoms with E-state index in [2.05, 4.69) is 20.9 Å². The predicted molar refractivity (Wildman–Crippen MR) is 99.5 cm³/mol. The standard InChI is InChI=1S/C16H24N4O.2ClH/c1-12(17)8-9-16(21)18-10-5-11-20-13(2)19-14-6-3-4-7-15(14)20;;/h3-4,6-7,12H,5,8-11,17H2,1-2H3,(H,18,21);2*1H. The van der Waals surface area contributed by atoms with Crippen LogP contribution in [-0.4, -0.2) is 28.0 Å². The van der Waals surface area contributed by atoms with Crippen molar-refractivity contribution in [3.05, 3.63) is 30.1 Å². The molecule has 130 valence electrons. The number of hydrogen-bond donors (Lipinski definition) is 2. The minimum atomic E-state index is 0. The Bertz CT molecular complexity index is 613. The van der Waals surface area contributed by atoms with E-state index in [0.29, 0.717) is 13.0 Å². The quantitative estimate of drug-likeness (QED) is 0.745. The topological polar surface area (TPSA) is 72.9 Å². The molecule has 0 saturated carbocycles. The Morgan fingerprint density at radius 3 is 2.74 bits per heavy atom. The summed E-state index contributed by atoms with van der Waals surface area (Å²) >= 11 is 0. The number of halogens is 2. The highest BCUT2D eigenvalue weighted by atomic mass is 35.5. The number of hydrogen-bond acceptors (Lipinski definition) is 3. The van der Waals surface area contributed by atoms with Crippen LogP contribution < -0.4 is 11.1 Å². The maximum atomic E-state index is 11.6. The van der Waals surface area contributed by atoms with Crippen LogP contribution in [0.25, 0.3) is 11.0 Å². The molecular formula is C16H26Cl2N4O. The Hall–Kier alpha value is -1.30. The zero-order valence-corrected chi connectivity index (χ0v) is 15.3. The molecule has 0 bridgehead atoms. The fourth-order valence-corrected chi connectivity index (χ4v) is 2.39. The van der Waals surface area contributed by atoms with Gasteiger partial charge in [0.25, 0.3) is 0 Å². The maximum absolute atomic E-state index is 11.6. The van der Waals surface area contributed by atoms with E-state index >= 15 is 0 Å². The van der Waals surface area contributed by atoms with Crippen LogP contribution in [0.15, 0.2) is 24.3 Å². The van der Waals surface area contributed by atoms with Crippen molar-refractivity contribution in [1.29, 1.82) is 0 Å². The summed E-state index contributed by atoms with van der Waals surface area (Å²) < 4.78 is 2.20. The molecule has 2 aromatic rings. The number of carbonyl (C=O) groups excluding carboxylic acids is 1. The van der Waals surface area contributed by atoms with Gasteiger partial charge in [-0.3, -0.25) is 4.79 Å². The van der Waals surface area contributed by atoms with Gasteiger partial charge in [0.05, 0.1) is 11.0 Å². The van der Waals surface area contributed by atoms with Gasteiger partial charge in [-0.2, -0.15) is 0 Å². The van der Waals surface area contributed by atoms with Crippen molar-refractivity contribution < 1.29 is 4.79 Å². The summed E-state index contributed by atoms with van der Waals surface area (Å²) in [7, 11) is 0. The lowest BCUT2D eigenvalue weighted by molar-refractivity contribution is -0.121. The summed E-state index contributed by atoms with van der Waals surface area (Å²) in [5, 5.41) is 2.94. The third kappa shape index (κ3) is 6.37. The van der Waals surface area contributed by atoms with Crippen molar-refractivity contribution in [3.63, 3.8) is 0 Å². The molecule has 5 nitrogen and oxygen atoms in total. The SMILES string of the molecule is Cc1nc2ccccc2n1CCCNC(=O)CCC(C)N.Cl.Cl. The zero-order valence-electron chi connectivity index (χ0n) is 13.6. The van der Waals surface area contributed by atoms with Gasteiger partial charge in [-0.1, -0.05) is 12.1 Å². The Kier molecular flexibility index (Phi) is 9.88. The number of fused-ring (bicyclic) bond motifs is 1. The van der Waals surface area contributed by atoms with E-state index in [4.69, 9.17) is 5.73 Å². The van der Waals surface area contributed by atoms with E-state index < -0.39 is 0 Å². The number of aromatic nitrogens is 2. The van der Waals surface area contributed by atoms with Gasteiger partial charge < -0.3 is 15.6 Å². The first-order valence-electron chi connectivity index (χ1n) is 7.52. The molecule has 0 fully saturated rings. The molecule has 2 rings (SSSR count). The van der Waals surface area contributed by atoms with Crippen LogP contribution in [0.4, 0.5) is 0 Å². The third-order valence-corrected chi connectivity index (χ3v) is 3.55. The summed E-state index contributed by atoms with van der Waals surface area (Å²) in [6.07, 6.45) is 2.13. The fourth-order valence-electron chi connectivity index (χ4n) is 2.39. The second-order valence-corrected chi connectivity index (χ2v) is 5.52. The number of benzene rings is 1. The molecular weight excluding hydrogens is 335 g/mol. The number of aryl methyl sites for hydroxylation is 2. The van der Waals surface area contributed by atoms with Crippen LogP contribution in [-0.2, 0) is 11.3 Å². The normalized spacial score (nSPS) is 11.4. The molecule has 1 aromatic carbocycles. The Labute approximate surface area is 149 Å². The van der Waals surface area contributed by atoms with E-state index in [0.717, 1.165) is 36.2 Å². The van der Waals surface area contributed by atoms with Gasteiger partial charge in [0.15, 0.2) is 0 Å². The van der Waals surface area contributed by atoms with Crippen molar-refractivity contribution >= 4 is 41.8 Å². The van der Waals surface area contributed by atoms with Crippen LogP contribution in [0.3, 0.4) is 0 Å². The number of amides is 1. The maximum Gasteiger partial charge on any atom is 0.220 e. The molecule has 3 N–H and O–H groups in total. The zero-order chi connectivity index (χ0) is 15.2. The lowest BCUT2D eigenvalue weighted by atomic mass is 10.2. The first-order chi connectivity index (χ1) is 10.1. The molecule has 23 heavy (non-hydrogen) atoms.